The van der Waals surface area contributed by atoms with Crippen molar-refractivity contribution in [2.45, 2.75) is 4.75 Å². The van der Waals surface area contributed by atoms with Gasteiger partial charge < -0.3 is 9.47 Å². The molecule has 0 bridgehead atoms. The molecule has 8 heteroatoms. The maximum Gasteiger partial charge on any atom is 0.333 e. The molecule has 18 heavy (non-hydrogen) atoms. The molecule has 2 unspecified atom stereocenters. The van der Waals surface area contributed by atoms with E-state index in [4.69, 9.17) is 10.7 Å². The summed E-state index contributed by atoms with van der Waals surface area (Å²) < 4.78 is 30.1. The summed E-state index contributed by atoms with van der Waals surface area (Å²) in [4.78, 5) is 23.4. The lowest BCUT2D eigenvalue weighted by molar-refractivity contribution is -0.152. The van der Waals surface area contributed by atoms with Crippen molar-refractivity contribution in [1.82, 2.24) is 0 Å². The number of methoxy groups -OCH3 is 2. The van der Waals surface area contributed by atoms with Crippen molar-refractivity contribution >= 4 is 31.7 Å². The summed E-state index contributed by atoms with van der Waals surface area (Å²) in [5.41, 5.74) is 0. The van der Waals surface area contributed by atoms with E-state index in [-0.39, 0.29) is 0 Å². The molecule has 0 aromatic carbocycles. The van der Waals surface area contributed by atoms with Crippen molar-refractivity contribution in [1.29, 1.82) is 0 Å². The second-order valence-corrected chi connectivity index (χ2v) is 6.24. The summed E-state index contributed by atoms with van der Waals surface area (Å²) in [6.07, 6.45) is 4.96. The van der Waals surface area contributed by atoms with Gasteiger partial charge in [0.15, 0.2) is 0 Å². The van der Waals surface area contributed by atoms with Crippen LogP contribution in [0.25, 0.3) is 0 Å². The molecule has 2 atom stereocenters. The molecule has 0 radical (unpaired) electrons. The van der Waals surface area contributed by atoms with Gasteiger partial charge >= 0.3 is 11.9 Å². The summed E-state index contributed by atoms with van der Waals surface area (Å²) in [5.74, 6) is -3.43. The molecule has 0 aliphatic heterocycles. The van der Waals surface area contributed by atoms with Crippen LogP contribution in [0.5, 0.6) is 0 Å². The molecular formula is C10H11ClO6S. The van der Waals surface area contributed by atoms with Gasteiger partial charge in [0, 0.05) is 10.7 Å². The molecule has 6 nitrogen and oxygen atoms in total. The van der Waals surface area contributed by atoms with Crippen molar-refractivity contribution in [2.75, 3.05) is 14.2 Å². The Morgan fingerprint density at radius 3 is 2.28 bits per heavy atom. The SMILES string of the molecule is COC(=O)C1C=CC=CC1(C(=O)OC)S(=O)(=O)Cl. The number of hydrogen-bond donors (Lipinski definition) is 0. The summed E-state index contributed by atoms with van der Waals surface area (Å²) in [5, 5.41) is 0. The molecule has 0 spiro atoms. The molecule has 1 rings (SSSR count). The molecule has 0 amide bonds. The van der Waals surface area contributed by atoms with Crippen LogP contribution in [-0.2, 0) is 28.1 Å². The molecule has 0 aromatic heterocycles. The van der Waals surface area contributed by atoms with Crippen molar-refractivity contribution in [3.05, 3.63) is 24.3 Å². The third-order valence-corrected chi connectivity index (χ3v) is 4.71. The molecule has 1 aliphatic carbocycles. The monoisotopic (exact) mass is 294 g/mol. The number of rotatable bonds is 3. The molecule has 100 valence electrons. The Balaban J connectivity index is 3.50. The Kier molecular flexibility index (Phi) is 4.18. The van der Waals surface area contributed by atoms with Gasteiger partial charge in [0.05, 0.1) is 14.2 Å². The van der Waals surface area contributed by atoms with Gasteiger partial charge in [-0.25, -0.2) is 13.2 Å². The van der Waals surface area contributed by atoms with Crippen LogP contribution in [0.2, 0.25) is 0 Å². The van der Waals surface area contributed by atoms with Crippen molar-refractivity contribution < 1.29 is 27.5 Å². The standard InChI is InChI=1S/C10H11ClO6S/c1-16-8(12)7-5-3-4-6-10(7,9(13)17-2)18(11,14)15/h3-7H,1-2H3. The van der Waals surface area contributed by atoms with E-state index in [0.717, 1.165) is 20.3 Å². The third kappa shape index (κ3) is 2.15. The van der Waals surface area contributed by atoms with Crippen molar-refractivity contribution in [2.24, 2.45) is 5.92 Å². The Morgan fingerprint density at radius 2 is 1.83 bits per heavy atom. The van der Waals surface area contributed by atoms with Gasteiger partial charge in [-0.15, -0.1) is 0 Å². The average molecular weight is 295 g/mol. The van der Waals surface area contributed by atoms with Gasteiger partial charge in [0.25, 0.3) is 9.05 Å². The number of allylic oxidation sites excluding steroid dienone is 2. The first-order chi connectivity index (χ1) is 8.31. The van der Waals surface area contributed by atoms with E-state index in [0.29, 0.717) is 0 Å². The maximum atomic E-state index is 11.8. The summed E-state index contributed by atoms with van der Waals surface area (Å²) in [6.45, 7) is 0. The first-order valence-electron chi connectivity index (χ1n) is 4.77. The van der Waals surface area contributed by atoms with Crippen LogP contribution in [0.3, 0.4) is 0 Å². The smallest absolute Gasteiger partial charge is 0.333 e. The minimum atomic E-state index is -4.44. The predicted octanol–water partition coefficient (Wildman–Crippen LogP) is 0.382. The zero-order valence-electron chi connectivity index (χ0n) is 9.62. The number of halogens is 1. The second kappa shape index (κ2) is 5.11. The van der Waals surface area contributed by atoms with Gasteiger partial charge in [-0.1, -0.05) is 18.2 Å². The van der Waals surface area contributed by atoms with Crippen LogP contribution in [0.15, 0.2) is 24.3 Å². The number of hydrogen-bond acceptors (Lipinski definition) is 6. The molecule has 0 N–H and O–H groups in total. The van der Waals surface area contributed by atoms with E-state index in [2.05, 4.69) is 9.47 Å². The lowest BCUT2D eigenvalue weighted by Gasteiger charge is -2.30. The van der Waals surface area contributed by atoms with Gasteiger partial charge in [-0.2, -0.15) is 0 Å². The first kappa shape index (κ1) is 14.7. The summed E-state index contributed by atoms with van der Waals surface area (Å²) in [7, 11) is 2.96. The van der Waals surface area contributed by atoms with E-state index in [1.165, 1.54) is 18.2 Å². The van der Waals surface area contributed by atoms with Gasteiger partial charge in [0.1, 0.15) is 5.92 Å². The van der Waals surface area contributed by atoms with Gasteiger partial charge in [-0.05, 0) is 6.08 Å². The van der Waals surface area contributed by atoms with E-state index in [1.807, 2.05) is 0 Å². The van der Waals surface area contributed by atoms with Crippen LogP contribution in [-0.4, -0.2) is 39.3 Å². The molecular weight excluding hydrogens is 284 g/mol. The van der Waals surface area contributed by atoms with E-state index >= 15 is 0 Å². The topological polar surface area (TPSA) is 86.7 Å². The van der Waals surface area contributed by atoms with Crippen LogP contribution < -0.4 is 0 Å². The third-order valence-electron chi connectivity index (χ3n) is 2.58. The summed E-state index contributed by atoms with van der Waals surface area (Å²) >= 11 is 0. The molecule has 0 saturated carbocycles. The van der Waals surface area contributed by atoms with Crippen molar-refractivity contribution in [3.8, 4) is 0 Å². The van der Waals surface area contributed by atoms with Crippen LogP contribution >= 0.6 is 10.7 Å². The fourth-order valence-corrected chi connectivity index (χ4v) is 3.32. The normalized spacial score (nSPS) is 26.7. The zero-order valence-corrected chi connectivity index (χ0v) is 11.2. The van der Waals surface area contributed by atoms with Crippen LogP contribution in [0, 0.1) is 5.92 Å². The number of ether oxygens (including phenoxy) is 2. The molecule has 0 heterocycles. The molecule has 0 aromatic rings. The van der Waals surface area contributed by atoms with Crippen LogP contribution in [0.1, 0.15) is 0 Å². The minimum Gasteiger partial charge on any atom is -0.469 e. The van der Waals surface area contributed by atoms with E-state index < -0.39 is 31.7 Å². The highest BCUT2D eigenvalue weighted by Crippen LogP contribution is 2.37. The Hall–Kier alpha value is -1.34. The van der Waals surface area contributed by atoms with Crippen LogP contribution in [0.4, 0.5) is 0 Å². The lowest BCUT2D eigenvalue weighted by Crippen LogP contribution is -2.52. The van der Waals surface area contributed by atoms with Crippen molar-refractivity contribution in [3.63, 3.8) is 0 Å². The highest BCUT2D eigenvalue weighted by atomic mass is 35.7. The number of esters is 2. The Morgan fingerprint density at radius 1 is 1.22 bits per heavy atom. The molecule has 0 saturated heterocycles. The fraction of sp³-hybridized carbons (Fsp3) is 0.400. The summed E-state index contributed by atoms with van der Waals surface area (Å²) in [6, 6.07) is 0. The van der Waals surface area contributed by atoms with Gasteiger partial charge in [0.2, 0.25) is 4.75 Å². The molecule has 0 fully saturated rings. The Bertz CT molecular complexity index is 520. The number of carbonyl (C=O) groups excluding carboxylic acids is 2. The predicted molar refractivity (Wildman–Crippen MR) is 63.3 cm³/mol. The lowest BCUT2D eigenvalue weighted by atomic mass is 9.87. The highest BCUT2D eigenvalue weighted by Gasteiger charge is 2.58. The van der Waals surface area contributed by atoms with E-state index in [9.17, 15) is 18.0 Å². The Labute approximate surface area is 109 Å². The highest BCUT2D eigenvalue weighted by molar-refractivity contribution is 8.15. The maximum absolute atomic E-state index is 11.8. The average Bonchev–Trinajstić information content (AvgIpc) is 2.35. The minimum absolute atomic E-state index is 0.898. The van der Waals surface area contributed by atoms with E-state index in [1.54, 1.807) is 0 Å². The zero-order chi connectivity index (χ0) is 14.0. The largest absolute Gasteiger partial charge is 0.469 e. The quantitative estimate of drug-likeness (QED) is 0.552. The van der Waals surface area contributed by atoms with Gasteiger partial charge in [-0.3, -0.25) is 4.79 Å². The first-order valence-corrected chi connectivity index (χ1v) is 7.08. The second-order valence-electron chi connectivity index (χ2n) is 3.47. The fourth-order valence-electron chi connectivity index (χ4n) is 1.69. The molecule has 1 aliphatic rings. The number of carbonyl (C=O) groups is 2.